The van der Waals surface area contributed by atoms with Crippen molar-refractivity contribution in [2.45, 2.75) is 50.4 Å². The number of aromatic nitrogens is 2. The highest BCUT2D eigenvalue weighted by molar-refractivity contribution is 5.93. The fourth-order valence-corrected chi connectivity index (χ4v) is 4.06. The van der Waals surface area contributed by atoms with Gasteiger partial charge >= 0.3 is 0 Å². The molecule has 1 atom stereocenters. The number of amides is 1. The van der Waals surface area contributed by atoms with Gasteiger partial charge in [-0.3, -0.25) is 9.48 Å². The highest BCUT2D eigenvalue weighted by Gasteiger charge is 2.43. The summed E-state index contributed by atoms with van der Waals surface area (Å²) in [6.07, 6.45) is 2.62. The molecule has 0 unspecified atom stereocenters. The molecule has 2 aromatic rings. The third kappa shape index (κ3) is 3.47. The van der Waals surface area contributed by atoms with Gasteiger partial charge in [0.05, 0.1) is 5.69 Å². The van der Waals surface area contributed by atoms with E-state index in [-0.39, 0.29) is 24.6 Å². The maximum absolute atomic E-state index is 13.5. The SMILES string of the molecule is Cn1nc(NC(=O)[C@@H]2CCC(F)(F)C2)c(C2CCC2)c1-c1ccc(F)cc1. The standard InChI is InChI=1S/C20H22F3N3O/c1-26-17(13-5-7-15(21)8-6-13)16(12-3-2-4-12)18(25-26)24-19(27)14-9-10-20(22,23)11-14/h5-8,12,14H,2-4,9-11H2,1H3,(H,24,25,27)/t14-/m1/s1. The molecular weight excluding hydrogens is 355 g/mol. The molecule has 2 fully saturated rings. The first kappa shape index (κ1) is 18.1. The van der Waals surface area contributed by atoms with E-state index in [0.717, 1.165) is 36.1 Å². The maximum atomic E-state index is 13.5. The molecule has 0 aliphatic heterocycles. The van der Waals surface area contributed by atoms with Crippen LogP contribution in [0.15, 0.2) is 24.3 Å². The third-order valence-electron chi connectivity index (χ3n) is 5.73. The molecule has 0 radical (unpaired) electrons. The number of benzene rings is 1. The topological polar surface area (TPSA) is 46.9 Å². The van der Waals surface area contributed by atoms with Gasteiger partial charge in [0.15, 0.2) is 5.82 Å². The lowest BCUT2D eigenvalue weighted by molar-refractivity contribution is -0.120. The lowest BCUT2D eigenvalue weighted by Crippen LogP contribution is -2.24. The van der Waals surface area contributed by atoms with Gasteiger partial charge in [-0.1, -0.05) is 6.42 Å². The molecule has 1 amide bonds. The molecule has 7 heteroatoms. The predicted molar refractivity (Wildman–Crippen MR) is 96.1 cm³/mol. The fourth-order valence-electron chi connectivity index (χ4n) is 4.06. The molecule has 144 valence electrons. The zero-order valence-corrected chi connectivity index (χ0v) is 15.1. The Hall–Kier alpha value is -2.31. The molecule has 1 aromatic carbocycles. The molecular formula is C20H22F3N3O. The smallest absolute Gasteiger partial charge is 0.248 e. The van der Waals surface area contributed by atoms with Crippen molar-refractivity contribution in [1.29, 1.82) is 0 Å². The molecule has 2 aliphatic rings. The van der Waals surface area contributed by atoms with Crippen molar-refractivity contribution in [1.82, 2.24) is 9.78 Å². The minimum Gasteiger partial charge on any atom is -0.309 e. The second-order valence-corrected chi connectivity index (χ2v) is 7.65. The molecule has 27 heavy (non-hydrogen) atoms. The Morgan fingerprint density at radius 3 is 2.48 bits per heavy atom. The van der Waals surface area contributed by atoms with Crippen molar-refractivity contribution in [2.75, 3.05) is 5.32 Å². The number of carbonyl (C=O) groups excluding carboxylic acids is 1. The van der Waals surface area contributed by atoms with E-state index in [1.807, 2.05) is 0 Å². The summed E-state index contributed by atoms with van der Waals surface area (Å²) in [5.74, 6) is -3.45. The highest BCUT2D eigenvalue weighted by Crippen LogP contribution is 2.45. The summed E-state index contributed by atoms with van der Waals surface area (Å²) in [5, 5.41) is 7.27. The molecule has 1 heterocycles. The van der Waals surface area contributed by atoms with Crippen LogP contribution in [0.4, 0.5) is 19.0 Å². The number of rotatable bonds is 4. The summed E-state index contributed by atoms with van der Waals surface area (Å²) in [6, 6.07) is 6.17. The Morgan fingerprint density at radius 1 is 1.22 bits per heavy atom. The summed E-state index contributed by atoms with van der Waals surface area (Å²) < 4.78 is 41.9. The normalized spacial score (nSPS) is 21.9. The van der Waals surface area contributed by atoms with Crippen LogP contribution < -0.4 is 5.32 Å². The lowest BCUT2D eigenvalue weighted by atomic mass is 9.79. The number of hydrogen-bond donors (Lipinski definition) is 1. The molecule has 0 saturated heterocycles. The zero-order chi connectivity index (χ0) is 19.2. The van der Waals surface area contributed by atoms with Crippen molar-refractivity contribution < 1.29 is 18.0 Å². The Balaban J connectivity index is 1.66. The van der Waals surface area contributed by atoms with Crippen LogP contribution in [0.5, 0.6) is 0 Å². The maximum Gasteiger partial charge on any atom is 0.248 e. The monoisotopic (exact) mass is 377 g/mol. The van der Waals surface area contributed by atoms with E-state index in [9.17, 15) is 18.0 Å². The predicted octanol–water partition coefficient (Wildman–Crippen LogP) is 4.87. The summed E-state index contributed by atoms with van der Waals surface area (Å²) >= 11 is 0. The fraction of sp³-hybridized carbons (Fsp3) is 0.500. The van der Waals surface area contributed by atoms with E-state index in [4.69, 9.17) is 0 Å². The molecule has 4 rings (SSSR count). The van der Waals surface area contributed by atoms with E-state index in [1.165, 1.54) is 12.1 Å². The van der Waals surface area contributed by atoms with E-state index >= 15 is 0 Å². The summed E-state index contributed by atoms with van der Waals surface area (Å²) in [7, 11) is 1.78. The van der Waals surface area contributed by atoms with Gasteiger partial charge in [0.2, 0.25) is 11.8 Å². The summed E-state index contributed by atoms with van der Waals surface area (Å²) in [4.78, 5) is 12.5. The molecule has 1 N–H and O–H groups in total. The lowest BCUT2D eigenvalue weighted by Gasteiger charge is -2.27. The molecule has 2 aliphatic carbocycles. The van der Waals surface area contributed by atoms with E-state index in [1.54, 1.807) is 23.9 Å². The Labute approximate surface area is 155 Å². The summed E-state index contributed by atoms with van der Waals surface area (Å²) in [6.45, 7) is 0. The number of carbonyl (C=O) groups is 1. The number of anilines is 1. The number of aryl methyl sites for hydroxylation is 1. The van der Waals surface area contributed by atoms with Crippen molar-refractivity contribution in [2.24, 2.45) is 13.0 Å². The Morgan fingerprint density at radius 2 is 1.93 bits per heavy atom. The van der Waals surface area contributed by atoms with Gasteiger partial charge in [-0.15, -0.1) is 0 Å². The van der Waals surface area contributed by atoms with Crippen molar-refractivity contribution in [3.63, 3.8) is 0 Å². The van der Waals surface area contributed by atoms with Gasteiger partial charge in [-0.2, -0.15) is 5.10 Å². The molecule has 4 nitrogen and oxygen atoms in total. The molecule has 2 saturated carbocycles. The quantitative estimate of drug-likeness (QED) is 0.827. The van der Waals surface area contributed by atoms with Crippen LogP contribution in [-0.4, -0.2) is 21.6 Å². The van der Waals surface area contributed by atoms with Crippen LogP contribution in [0.1, 0.15) is 50.0 Å². The van der Waals surface area contributed by atoms with E-state index < -0.39 is 24.2 Å². The Kier molecular flexibility index (Phi) is 4.48. The molecule has 0 bridgehead atoms. The number of hydrogen-bond acceptors (Lipinski definition) is 2. The summed E-state index contributed by atoms with van der Waals surface area (Å²) in [5.41, 5.74) is 2.58. The third-order valence-corrected chi connectivity index (χ3v) is 5.73. The van der Waals surface area contributed by atoms with Gasteiger partial charge in [0, 0.05) is 36.9 Å². The van der Waals surface area contributed by atoms with Crippen LogP contribution in [0, 0.1) is 11.7 Å². The van der Waals surface area contributed by atoms with Gasteiger partial charge in [-0.25, -0.2) is 13.2 Å². The van der Waals surface area contributed by atoms with Crippen molar-refractivity contribution in [3.05, 3.63) is 35.6 Å². The minimum atomic E-state index is -2.76. The first-order valence-electron chi connectivity index (χ1n) is 9.35. The van der Waals surface area contributed by atoms with Crippen LogP contribution in [-0.2, 0) is 11.8 Å². The number of alkyl halides is 2. The number of nitrogens with one attached hydrogen (secondary N) is 1. The van der Waals surface area contributed by atoms with Crippen LogP contribution in [0.2, 0.25) is 0 Å². The van der Waals surface area contributed by atoms with Crippen LogP contribution in [0.3, 0.4) is 0 Å². The van der Waals surface area contributed by atoms with Gasteiger partial charge in [-0.05, 0) is 49.4 Å². The van der Waals surface area contributed by atoms with Gasteiger partial charge < -0.3 is 5.32 Å². The van der Waals surface area contributed by atoms with Crippen LogP contribution in [0.25, 0.3) is 11.3 Å². The first-order valence-corrected chi connectivity index (χ1v) is 9.35. The average molecular weight is 377 g/mol. The number of halogens is 3. The Bertz CT molecular complexity index is 856. The van der Waals surface area contributed by atoms with Crippen molar-refractivity contribution in [3.8, 4) is 11.3 Å². The second-order valence-electron chi connectivity index (χ2n) is 7.65. The van der Waals surface area contributed by atoms with Crippen molar-refractivity contribution >= 4 is 11.7 Å². The molecule has 1 aromatic heterocycles. The second kappa shape index (κ2) is 6.69. The number of nitrogens with zero attached hydrogens (tertiary/aromatic N) is 2. The van der Waals surface area contributed by atoms with E-state index in [0.29, 0.717) is 5.82 Å². The van der Waals surface area contributed by atoms with Crippen LogP contribution >= 0.6 is 0 Å². The van der Waals surface area contributed by atoms with Gasteiger partial charge in [0.1, 0.15) is 5.82 Å². The minimum absolute atomic E-state index is 0.190. The van der Waals surface area contributed by atoms with Gasteiger partial charge in [0.25, 0.3) is 0 Å². The highest BCUT2D eigenvalue weighted by atomic mass is 19.3. The largest absolute Gasteiger partial charge is 0.309 e. The van der Waals surface area contributed by atoms with E-state index in [2.05, 4.69) is 10.4 Å². The zero-order valence-electron chi connectivity index (χ0n) is 15.1. The first-order chi connectivity index (χ1) is 12.8. The molecule has 0 spiro atoms. The average Bonchev–Trinajstić information content (AvgIpc) is 3.07.